The smallest absolute Gasteiger partial charge is 0.243 e. The van der Waals surface area contributed by atoms with Crippen LogP contribution in [0.25, 0.3) is 0 Å². The summed E-state index contributed by atoms with van der Waals surface area (Å²) in [6.45, 7) is 1.33. The lowest BCUT2D eigenvalue weighted by atomic mass is 10.1. The summed E-state index contributed by atoms with van der Waals surface area (Å²) in [4.78, 5) is 12.4. The van der Waals surface area contributed by atoms with Crippen LogP contribution >= 0.6 is 15.9 Å². The van der Waals surface area contributed by atoms with E-state index in [9.17, 15) is 17.6 Å². The van der Waals surface area contributed by atoms with Gasteiger partial charge in [0.2, 0.25) is 15.9 Å². The van der Waals surface area contributed by atoms with Gasteiger partial charge in [-0.25, -0.2) is 12.8 Å². The standard InChI is InChI=1S/C21H24BrFN2O3S/c22-18-9-7-17(20(23)14-18)8-10-21(26)24-15-16-5-4-6-19(13-16)29(27,28)25-11-2-1-3-12-25/h4-7,9,13-14H,1-3,8,10-12,15H2,(H,24,26). The second-order valence-corrected chi connectivity index (χ2v) is 9.98. The van der Waals surface area contributed by atoms with Crippen molar-refractivity contribution < 1.29 is 17.6 Å². The highest BCUT2D eigenvalue weighted by molar-refractivity contribution is 9.10. The molecule has 1 saturated heterocycles. The van der Waals surface area contributed by atoms with Crippen molar-refractivity contribution in [2.45, 2.75) is 43.5 Å². The number of carbonyl (C=O) groups is 1. The lowest BCUT2D eigenvalue weighted by molar-refractivity contribution is -0.121. The third kappa shape index (κ3) is 5.87. The molecule has 2 aromatic rings. The summed E-state index contributed by atoms with van der Waals surface area (Å²) in [5, 5.41) is 2.78. The van der Waals surface area contributed by atoms with E-state index in [4.69, 9.17) is 0 Å². The third-order valence-corrected chi connectivity index (χ3v) is 7.37. The fourth-order valence-corrected chi connectivity index (χ4v) is 5.25. The van der Waals surface area contributed by atoms with Crippen molar-refractivity contribution in [3.05, 3.63) is 63.9 Å². The largest absolute Gasteiger partial charge is 0.352 e. The third-order valence-electron chi connectivity index (χ3n) is 4.98. The molecule has 8 heteroatoms. The minimum atomic E-state index is -3.50. The van der Waals surface area contributed by atoms with E-state index >= 15 is 0 Å². The molecule has 1 heterocycles. The molecule has 3 rings (SSSR count). The lowest BCUT2D eigenvalue weighted by Crippen LogP contribution is -2.35. The van der Waals surface area contributed by atoms with Crippen LogP contribution in [0.3, 0.4) is 0 Å². The molecule has 0 radical (unpaired) electrons. The molecule has 1 amide bonds. The minimum Gasteiger partial charge on any atom is -0.352 e. The fraction of sp³-hybridized carbons (Fsp3) is 0.381. The zero-order valence-corrected chi connectivity index (χ0v) is 18.4. The second-order valence-electron chi connectivity index (χ2n) is 7.12. The van der Waals surface area contributed by atoms with Crippen LogP contribution in [0.15, 0.2) is 51.8 Å². The fourth-order valence-electron chi connectivity index (χ4n) is 3.33. The zero-order chi connectivity index (χ0) is 20.9. The van der Waals surface area contributed by atoms with Gasteiger partial charge in [0.1, 0.15) is 5.82 Å². The Morgan fingerprint density at radius 2 is 1.86 bits per heavy atom. The highest BCUT2D eigenvalue weighted by Crippen LogP contribution is 2.21. The number of nitrogens with zero attached hydrogens (tertiary/aromatic N) is 1. The van der Waals surface area contributed by atoms with Gasteiger partial charge in [0, 0.05) is 30.5 Å². The molecule has 1 aliphatic rings. The first-order valence-electron chi connectivity index (χ1n) is 9.66. The van der Waals surface area contributed by atoms with E-state index in [1.807, 2.05) is 0 Å². The Morgan fingerprint density at radius 3 is 2.59 bits per heavy atom. The predicted octanol–water partition coefficient (Wildman–Crippen LogP) is 4.01. The van der Waals surface area contributed by atoms with E-state index in [0.29, 0.717) is 35.1 Å². The highest BCUT2D eigenvalue weighted by Gasteiger charge is 2.25. The van der Waals surface area contributed by atoms with Crippen molar-refractivity contribution in [3.63, 3.8) is 0 Å². The number of hydrogen-bond acceptors (Lipinski definition) is 3. The molecule has 0 aromatic heterocycles. The highest BCUT2D eigenvalue weighted by atomic mass is 79.9. The summed E-state index contributed by atoms with van der Waals surface area (Å²) in [6.07, 6.45) is 3.28. The first kappa shape index (κ1) is 21.9. The Labute approximate surface area is 179 Å². The molecular weight excluding hydrogens is 459 g/mol. The molecule has 0 unspecified atom stereocenters. The van der Waals surface area contributed by atoms with E-state index < -0.39 is 10.0 Å². The van der Waals surface area contributed by atoms with Gasteiger partial charge in [-0.1, -0.05) is 40.5 Å². The van der Waals surface area contributed by atoms with Crippen LogP contribution in [0.1, 0.15) is 36.8 Å². The first-order valence-corrected chi connectivity index (χ1v) is 11.9. The number of benzene rings is 2. The second kappa shape index (κ2) is 9.82. The molecule has 2 aromatic carbocycles. The van der Waals surface area contributed by atoms with Crippen LogP contribution in [0.2, 0.25) is 0 Å². The van der Waals surface area contributed by atoms with E-state index in [1.54, 1.807) is 36.4 Å². The maximum absolute atomic E-state index is 13.8. The van der Waals surface area contributed by atoms with Crippen LogP contribution < -0.4 is 5.32 Å². The van der Waals surface area contributed by atoms with E-state index in [-0.39, 0.29) is 29.6 Å². The lowest BCUT2D eigenvalue weighted by Gasteiger charge is -2.26. The average Bonchev–Trinajstić information content (AvgIpc) is 2.72. The van der Waals surface area contributed by atoms with Gasteiger partial charge in [-0.15, -0.1) is 0 Å². The molecule has 0 saturated carbocycles. The quantitative estimate of drug-likeness (QED) is 0.647. The van der Waals surface area contributed by atoms with Crippen LogP contribution in [-0.2, 0) is 27.8 Å². The van der Waals surface area contributed by atoms with Gasteiger partial charge in [0.05, 0.1) is 4.90 Å². The van der Waals surface area contributed by atoms with Crippen molar-refractivity contribution in [1.29, 1.82) is 0 Å². The SMILES string of the molecule is O=C(CCc1ccc(Br)cc1F)NCc1cccc(S(=O)(=O)N2CCCCC2)c1. The maximum Gasteiger partial charge on any atom is 0.243 e. The van der Waals surface area contributed by atoms with E-state index in [0.717, 1.165) is 19.3 Å². The number of amides is 1. The minimum absolute atomic E-state index is 0.157. The van der Waals surface area contributed by atoms with Crippen LogP contribution in [0.4, 0.5) is 4.39 Å². The molecular formula is C21H24BrFN2O3S. The zero-order valence-electron chi connectivity index (χ0n) is 16.0. The number of nitrogens with one attached hydrogen (secondary N) is 1. The number of hydrogen-bond donors (Lipinski definition) is 1. The Hall–Kier alpha value is -1.77. The number of sulfonamides is 1. The van der Waals surface area contributed by atoms with Crippen molar-refractivity contribution in [2.24, 2.45) is 0 Å². The number of piperidine rings is 1. The summed E-state index contributed by atoms with van der Waals surface area (Å²) in [6, 6.07) is 11.4. The summed E-state index contributed by atoms with van der Waals surface area (Å²) in [5.74, 6) is -0.556. The molecule has 0 aliphatic carbocycles. The molecule has 29 heavy (non-hydrogen) atoms. The maximum atomic E-state index is 13.8. The Morgan fingerprint density at radius 1 is 1.10 bits per heavy atom. The molecule has 1 aliphatic heterocycles. The molecule has 1 fully saturated rings. The summed E-state index contributed by atoms with van der Waals surface area (Å²) < 4.78 is 41.6. The number of aryl methyl sites for hydroxylation is 1. The summed E-state index contributed by atoms with van der Waals surface area (Å²) in [7, 11) is -3.50. The number of carbonyl (C=O) groups excluding carboxylic acids is 1. The molecule has 0 atom stereocenters. The van der Waals surface area contributed by atoms with Crippen LogP contribution in [0, 0.1) is 5.82 Å². The number of rotatable bonds is 7. The van der Waals surface area contributed by atoms with Gasteiger partial charge in [0.15, 0.2) is 0 Å². The monoisotopic (exact) mass is 482 g/mol. The van der Waals surface area contributed by atoms with Crippen LogP contribution in [-0.4, -0.2) is 31.7 Å². The predicted molar refractivity (Wildman–Crippen MR) is 113 cm³/mol. The summed E-state index contributed by atoms with van der Waals surface area (Å²) in [5.41, 5.74) is 1.20. The Bertz CT molecular complexity index is 976. The van der Waals surface area contributed by atoms with Crippen molar-refractivity contribution >= 4 is 31.9 Å². The van der Waals surface area contributed by atoms with E-state index in [1.165, 1.54) is 10.4 Å². The molecule has 5 nitrogen and oxygen atoms in total. The summed E-state index contributed by atoms with van der Waals surface area (Å²) >= 11 is 3.21. The van der Waals surface area contributed by atoms with Gasteiger partial charge >= 0.3 is 0 Å². The Kier molecular flexibility index (Phi) is 7.43. The van der Waals surface area contributed by atoms with Crippen LogP contribution in [0.5, 0.6) is 0 Å². The molecule has 0 bridgehead atoms. The van der Waals surface area contributed by atoms with Gasteiger partial charge in [-0.05, 0) is 54.7 Å². The first-order chi connectivity index (χ1) is 13.9. The van der Waals surface area contributed by atoms with Crippen molar-refractivity contribution in [2.75, 3.05) is 13.1 Å². The van der Waals surface area contributed by atoms with Crippen molar-refractivity contribution in [1.82, 2.24) is 9.62 Å². The van der Waals surface area contributed by atoms with Gasteiger partial charge < -0.3 is 5.32 Å². The Balaban J connectivity index is 1.56. The molecule has 156 valence electrons. The van der Waals surface area contributed by atoms with Gasteiger partial charge in [-0.3, -0.25) is 4.79 Å². The van der Waals surface area contributed by atoms with Gasteiger partial charge in [-0.2, -0.15) is 4.31 Å². The average molecular weight is 483 g/mol. The number of halogens is 2. The molecule has 1 N–H and O–H groups in total. The van der Waals surface area contributed by atoms with E-state index in [2.05, 4.69) is 21.2 Å². The normalized spacial score (nSPS) is 15.2. The van der Waals surface area contributed by atoms with Gasteiger partial charge in [0.25, 0.3) is 0 Å². The molecule has 0 spiro atoms. The topological polar surface area (TPSA) is 66.5 Å². The van der Waals surface area contributed by atoms with Crippen molar-refractivity contribution in [3.8, 4) is 0 Å².